The molecule has 1 N–H and O–H groups in total. The van der Waals surface area contributed by atoms with Crippen molar-refractivity contribution >= 4 is 23.0 Å². The Morgan fingerprint density at radius 3 is 2.29 bits per heavy atom. The fourth-order valence-corrected chi connectivity index (χ4v) is 3.08. The van der Waals surface area contributed by atoms with E-state index >= 15 is 0 Å². The van der Waals surface area contributed by atoms with Gasteiger partial charge in [-0.25, -0.2) is 15.0 Å². The number of halogens is 3. The average Bonchev–Trinajstić information content (AvgIpc) is 2.86. The minimum Gasteiger partial charge on any atom is -0.324 e. The van der Waals surface area contributed by atoms with Crippen LogP contribution in [0.25, 0.3) is 10.6 Å². The molecule has 0 amide bonds. The van der Waals surface area contributed by atoms with Crippen molar-refractivity contribution in [3.63, 3.8) is 0 Å². The van der Waals surface area contributed by atoms with Crippen LogP contribution in [0.2, 0.25) is 0 Å². The molecule has 0 saturated carbocycles. The lowest BCUT2D eigenvalue weighted by Crippen LogP contribution is -2.04. The SMILES string of the molecule is Cc1nc(C)c(-c2ccnc(Nc3ccc(C(F)(F)F)cc3)n2)s1. The Bertz CT molecular complexity index is 857. The van der Waals surface area contributed by atoms with E-state index in [0.717, 1.165) is 33.4 Å². The third kappa shape index (κ3) is 3.53. The molecule has 0 spiro atoms. The van der Waals surface area contributed by atoms with Crippen molar-refractivity contribution in [2.45, 2.75) is 20.0 Å². The van der Waals surface area contributed by atoms with Gasteiger partial charge in [0.2, 0.25) is 5.95 Å². The third-order valence-electron chi connectivity index (χ3n) is 3.26. The Kier molecular flexibility index (Phi) is 4.23. The van der Waals surface area contributed by atoms with E-state index in [1.165, 1.54) is 23.5 Å². The Balaban J connectivity index is 1.84. The molecule has 0 radical (unpaired) electrons. The lowest BCUT2D eigenvalue weighted by atomic mass is 10.2. The van der Waals surface area contributed by atoms with Crippen LogP contribution in [0.3, 0.4) is 0 Å². The number of alkyl halides is 3. The number of aromatic nitrogens is 3. The van der Waals surface area contributed by atoms with Gasteiger partial charge >= 0.3 is 6.18 Å². The van der Waals surface area contributed by atoms with Crippen LogP contribution < -0.4 is 5.32 Å². The maximum absolute atomic E-state index is 12.6. The summed E-state index contributed by atoms with van der Waals surface area (Å²) in [5, 5.41) is 3.86. The zero-order valence-corrected chi connectivity index (χ0v) is 13.7. The minimum absolute atomic E-state index is 0.317. The average molecular weight is 350 g/mol. The first kappa shape index (κ1) is 16.4. The van der Waals surface area contributed by atoms with Crippen molar-refractivity contribution < 1.29 is 13.2 Å². The molecule has 3 aromatic rings. The summed E-state index contributed by atoms with van der Waals surface area (Å²) >= 11 is 1.53. The second kappa shape index (κ2) is 6.20. The molecule has 124 valence electrons. The van der Waals surface area contributed by atoms with Crippen LogP contribution in [0.4, 0.5) is 24.8 Å². The van der Waals surface area contributed by atoms with Crippen LogP contribution >= 0.6 is 11.3 Å². The van der Waals surface area contributed by atoms with E-state index in [-0.39, 0.29) is 0 Å². The molecular weight excluding hydrogens is 337 g/mol. The van der Waals surface area contributed by atoms with E-state index in [1.807, 2.05) is 13.8 Å². The first-order valence-corrected chi connectivity index (χ1v) is 7.86. The number of nitrogens with one attached hydrogen (secondary N) is 1. The molecule has 0 atom stereocenters. The first-order chi connectivity index (χ1) is 11.3. The Morgan fingerprint density at radius 2 is 1.71 bits per heavy atom. The van der Waals surface area contributed by atoms with Crippen LogP contribution in [-0.2, 0) is 6.18 Å². The first-order valence-electron chi connectivity index (χ1n) is 7.04. The number of rotatable bonds is 3. The molecule has 0 unspecified atom stereocenters. The van der Waals surface area contributed by atoms with Crippen molar-refractivity contribution in [1.29, 1.82) is 0 Å². The van der Waals surface area contributed by atoms with Gasteiger partial charge in [0.05, 0.1) is 26.8 Å². The molecule has 2 aromatic heterocycles. The lowest BCUT2D eigenvalue weighted by molar-refractivity contribution is -0.137. The van der Waals surface area contributed by atoms with Crippen molar-refractivity contribution in [3.05, 3.63) is 52.8 Å². The van der Waals surface area contributed by atoms with E-state index in [4.69, 9.17) is 0 Å². The number of thiazole rings is 1. The summed E-state index contributed by atoms with van der Waals surface area (Å²) in [7, 11) is 0. The van der Waals surface area contributed by atoms with Gasteiger partial charge in [-0.15, -0.1) is 11.3 Å². The highest BCUT2D eigenvalue weighted by Gasteiger charge is 2.29. The van der Waals surface area contributed by atoms with Gasteiger partial charge in [0.25, 0.3) is 0 Å². The van der Waals surface area contributed by atoms with Crippen molar-refractivity contribution in [3.8, 4) is 10.6 Å². The number of benzene rings is 1. The molecule has 0 aliphatic heterocycles. The molecule has 0 aliphatic carbocycles. The van der Waals surface area contributed by atoms with E-state index in [9.17, 15) is 13.2 Å². The normalized spacial score (nSPS) is 11.5. The molecule has 24 heavy (non-hydrogen) atoms. The molecule has 0 aliphatic rings. The van der Waals surface area contributed by atoms with E-state index < -0.39 is 11.7 Å². The van der Waals surface area contributed by atoms with Gasteiger partial charge < -0.3 is 5.32 Å². The molecule has 0 bridgehead atoms. The highest BCUT2D eigenvalue weighted by molar-refractivity contribution is 7.15. The lowest BCUT2D eigenvalue weighted by Gasteiger charge is -2.09. The number of hydrogen-bond donors (Lipinski definition) is 1. The number of hydrogen-bond acceptors (Lipinski definition) is 5. The van der Waals surface area contributed by atoms with Crippen LogP contribution in [0.15, 0.2) is 36.5 Å². The number of anilines is 2. The summed E-state index contributed by atoms with van der Waals surface area (Å²) in [6.07, 6.45) is -2.75. The number of nitrogens with zero attached hydrogens (tertiary/aromatic N) is 3. The summed E-state index contributed by atoms with van der Waals surface area (Å²) in [6, 6.07) is 6.51. The zero-order valence-electron chi connectivity index (χ0n) is 12.8. The Hall–Kier alpha value is -2.48. The quantitative estimate of drug-likeness (QED) is 0.724. The fraction of sp³-hybridized carbons (Fsp3) is 0.188. The van der Waals surface area contributed by atoms with Gasteiger partial charge in [-0.1, -0.05) is 0 Å². The van der Waals surface area contributed by atoms with Crippen LogP contribution in [-0.4, -0.2) is 15.0 Å². The topological polar surface area (TPSA) is 50.7 Å². The standard InChI is InChI=1S/C16H13F3N4S/c1-9-14(24-10(2)21-9)13-7-8-20-15(23-13)22-12-5-3-11(4-6-12)16(17,18)19/h3-8H,1-2H3,(H,20,22,23). The molecule has 1 aromatic carbocycles. The minimum atomic E-state index is -4.35. The summed E-state index contributed by atoms with van der Waals surface area (Å²) in [4.78, 5) is 13.8. The molecule has 8 heteroatoms. The van der Waals surface area contributed by atoms with E-state index in [0.29, 0.717) is 11.6 Å². The summed E-state index contributed by atoms with van der Waals surface area (Å²) in [5.41, 5.74) is 1.40. The highest BCUT2D eigenvalue weighted by atomic mass is 32.1. The van der Waals surface area contributed by atoms with Gasteiger partial charge in [0, 0.05) is 11.9 Å². The van der Waals surface area contributed by atoms with Gasteiger partial charge in [-0.05, 0) is 44.2 Å². The molecule has 0 fully saturated rings. The van der Waals surface area contributed by atoms with E-state index in [1.54, 1.807) is 12.3 Å². The van der Waals surface area contributed by atoms with Gasteiger partial charge in [0.15, 0.2) is 0 Å². The Morgan fingerprint density at radius 1 is 1.00 bits per heavy atom. The summed E-state index contributed by atoms with van der Waals surface area (Å²) in [5.74, 6) is 0.317. The predicted molar refractivity (Wildman–Crippen MR) is 87.3 cm³/mol. The molecule has 0 saturated heterocycles. The van der Waals surface area contributed by atoms with Crippen LogP contribution in [0.5, 0.6) is 0 Å². The predicted octanol–water partition coefficient (Wildman–Crippen LogP) is 4.98. The smallest absolute Gasteiger partial charge is 0.324 e. The zero-order chi connectivity index (χ0) is 17.3. The maximum atomic E-state index is 12.6. The number of aryl methyl sites for hydroxylation is 2. The second-order valence-corrected chi connectivity index (χ2v) is 6.32. The third-order valence-corrected chi connectivity index (χ3v) is 4.36. The fourth-order valence-electron chi connectivity index (χ4n) is 2.19. The van der Waals surface area contributed by atoms with Gasteiger partial charge in [-0.3, -0.25) is 0 Å². The largest absolute Gasteiger partial charge is 0.416 e. The van der Waals surface area contributed by atoms with Gasteiger partial charge in [-0.2, -0.15) is 13.2 Å². The molecule has 2 heterocycles. The highest BCUT2D eigenvalue weighted by Crippen LogP contribution is 2.31. The maximum Gasteiger partial charge on any atom is 0.416 e. The van der Waals surface area contributed by atoms with E-state index in [2.05, 4.69) is 20.3 Å². The van der Waals surface area contributed by atoms with Crippen LogP contribution in [0, 0.1) is 13.8 Å². The monoisotopic (exact) mass is 350 g/mol. The summed E-state index contributed by atoms with van der Waals surface area (Å²) in [6.45, 7) is 3.83. The summed E-state index contributed by atoms with van der Waals surface area (Å²) < 4.78 is 37.7. The van der Waals surface area contributed by atoms with Crippen molar-refractivity contribution in [1.82, 2.24) is 15.0 Å². The molecule has 3 rings (SSSR count). The van der Waals surface area contributed by atoms with Crippen LogP contribution in [0.1, 0.15) is 16.3 Å². The molecular formula is C16H13F3N4S. The second-order valence-electron chi connectivity index (χ2n) is 5.11. The Labute approximate surface area is 140 Å². The van der Waals surface area contributed by atoms with Gasteiger partial charge in [0.1, 0.15) is 0 Å². The van der Waals surface area contributed by atoms with Crippen molar-refractivity contribution in [2.75, 3.05) is 5.32 Å². The van der Waals surface area contributed by atoms with Crippen molar-refractivity contribution in [2.24, 2.45) is 0 Å². The molecule has 4 nitrogen and oxygen atoms in total.